The van der Waals surface area contributed by atoms with Crippen molar-refractivity contribution in [1.82, 2.24) is 0 Å². The molecule has 8 heteroatoms. The summed E-state index contributed by atoms with van der Waals surface area (Å²) in [7, 11) is 0. The zero-order chi connectivity index (χ0) is 15.4. The number of hydrogen-bond donors (Lipinski definition) is 2. The number of nitrogens with zero attached hydrogens (tertiary/aromatic N) is 1. The molecule has 2 rings (SSSR count). The normalized spacial score (nSPS) is 10.0. The molecular weight excluding hydrogens is 284 g/mol. The van der Waals surface area contributed by atoms with Gasteiger partial charge in [-0.1, -0.05) is 12.1 Å². The van der Waals surface area contributed by atoms with Gasteiger partial charge in [0.2, 0.25) is 0 Å². The van der Waals surface area contributed by atoms with Crippen molar-refractivity contribution in [3.05, 3.63) is 64.2 Å². The molecule has 0 aliphatic heterocycles. The molecule has 2 amide bonds. The minimum absolute atomic E-state index is 0.151. The maximum absolute atomic E-state index is 13.4. The second-order valence-corrected chi connectivity index (χ2v) is 3.99. The van der Waals surface area contributed by atoms with E-state index >= 15 is 0 Å². The number of non-ortho nitro benzene ring substituents is 1. The number of nitro benzene ring substituents is 1. The molecule has 0 fully saturated rings. The number of nitrogens with one attached hydrogen (secondary N) is 2. The van der Waals surface area contributed by atoms with Crippen molar-refractivity contribution in [3.63, 3.8) is 0 Å². The van der Waals surface area contributed by atoms with Gasteiger partial charge in [-0.15, -0.1) is 0 Å². The predicted molar refractivity (Wildman–Crippen MR) is 72.1 cm³/mol. The van der Waals surface area contributed by atoms with Gasteiger partial charge in [-0.05, 0) is 18.2 Å². The van der Waals surface area contributed by atoms with Gasteiger partial charge in [-0.3, -0.25) is 10.1 Å². The summed E-state index contributed by atoms with van der Waals surface area (Å²) in [5.74, 6) is -2.28. The number of urea groups is 1. The molecule has 0 bridgehead atoms. The van der Waals surface area contributed by atoms with E-state index in [2.05, 4.69) is 10.6 Å². The molecule has 21 heavy (non-hydrogen) atoms. The third-order valence-corrected chi connectivity index (χ3v) is 2.51. The molecule has 0 aromatic heterocycles. The molecule has 108 valence electrons. The lowest BCUT2D eigenvalue weighted by Crippen LogP contribution is -2.20. The van der Waals surface area contributed by atoms with Crippen molar-refractivity contribution in [2.45, 2.75) is 0 Å². The molecule has 2 aromatic rings. The van der Waals surface area contributed by atoms with Crippen LogP contribution in [0.25, 0.3) is 0 Å². The fraction of sp³-hybridized carbons (Fsp3) is 0. The second-order valence-electron chi connectivity index (χ2n) is 3.99. The Morgan fingerprint density at radius 2 is 1.81 bits per heavy atom. The van der Waals surface area contributed by atoms with Gasteiger partial charge in [0.25, 0.3) is 5.69 Å². The molecule has 0 aliphatic rings. The SMILES string of the molecule is O=C(Nc1cccc([N+](=O)[O-])c1)Nc1cccc(F)c1F. The number of benzene rings is 2. The average Bonchev–Trinajstić information content (AvgIpc) is 2.44. The van der Waals surface area contributed by atoms with Crippen LogP contribution >= 0.6 is 0 Å². The van der Waals surface area contributed by atoms with Crippen LogP contribution in [-0.2, 0) is 0 Å². The van der Waals surface area contributed by atoms with Gasteiger partial charge in [0, 0.05) is 17.8 Å². The minimum atomic E-state index is -1.19. The first-order valence-corrected chi connectivity index (χ1v) is 5.74. The van der Waals surface area contributed by atoms with Gasteiger partial charge >= 0.3 is 6.03 Å². The van der Waals surface area contributed by atoms with Gasteiger partial charge < -0.3 is 10.6 Å². The standard InChI is InChI=1S/C13H9F2N3O3/c14-10-5-2-6-11(12(10)15)17-13(19)16-8-3-1-4-9(7-8)18(20)21/h1-7H,(H2,16,17,19). The predicted octanol–water partition coefficient (Wildman–Crippen LogP) is 3.52. The maximum atomic E-state index is 13.4. The quantitative estimate of drug-likeness (QED) is 0.670. The molecule has 0 unspecified atom stereocenters. The highest BCUT2D eigenvalue weighted by Gasteiger charge is 2.12. The zero-order valence-electron chi connectivity index (χ0n) is 10.5. The summed E-state index contributed by atoms with van der Waals surface area (Å²) in [6.07, 6.45) is 0. The summed E-state index contributed by atoms with van der Waals surface area (Å²) in [6.45, 7) is 0. The summed E-state index contributed by atoms with van der Waals surface area (Å²) < 4.78 is 26.3. The van der Waals surface area contributed by atoms with E-state index in [1.165, 1.54) is 30.3 Å². The third kappa shape index (κ3) is 3.50. The van der Waals surface area contributed by atoms with Crippen molar-refractivity contribution in [3.8, 4) is 0 Å². The van der Waals surface area contributed by atoms with E-state index < -0.39 is 22.6 Å². The smallest absolute Gasteiger partial charge is 0.307 e. The Bertz CT molecular complexity index is 707. The number of hydrogen-bond acceptors (Lipinski definition) is 3. The molecule has 0 saturated carbocycles. The number of anilines is 2. The first-order valence-electron chi connectivity index (χ1n) is 5.74. The first-order chi connectivity index (χ1) is 9.97. The molecule has 0 aliphatic carbocycles. The lowest BCUT2D eigenvalue weighted by Gasteiger charge is -2.08. The molecule has 0 heterocycles. The maximum Gasteiger partial charge on any atom is 0.323 e. The van der Waals surface area contributed by atoms with E-state index in [-0.39, 0.29) is 17.1 Å². The summed E-state index contributed by atoms with van der Waals surface area (Å²) in [6, 6.07) is 7.70. The number of halogens is 2. The van der Waals surface area contributed by atoms with Gasteiger partial charge in [0.1, 0.15) is 0 Å². The van der Waals surface area contributed by atoms with E-state index in [0.29, 0.717) is 0 Å². The van der Waals surface area contributed by atoms with Gasteiger partial charge in [0.15, 0.2) is 11.6 Å². The Morgan fingerprint density at radius 3 is 2.52 bits per heavy atom. The molecule has 2 N–H and O–H groups in total. The highest BCUT2D eigenvalue weighted by Crippen LogP contribution is 2.19. The third-order valence-electron chi connectivity index (χ3n) is 2.51. The molecule has 2 aromatic carbocycles. The Labute approximate surface area is 117 Å². The van der Waals surface area contributed by atoms with Crippen LogP contribution in [0.1, 0.15) is 0 Å². The summed E-state index contributed by atoms with van der Waals surface area (Å²) in [4.78, 5) is 21.6. The fourth-order valence-corrected chi connectivity index (χ4v) is 1.58. The van der Waals surface area contributed by atoms with Crippen LogP contribution in [0, 0.1) is 21.7 Å². The van der Waals surface area contributed by atoms with E-state index in [0.717, 1.165) is 12.1 Å². The number of carbonyl (C=O) groups excluding carboxylic acids is 1. The lowest BCUT2D eigenvalue weighted by molar-refractivity contribution is -0.384. The molecule has 0 spiro atoms. The fourth-order valence-electron chi connectivity index (χ4n) is 1.58. The number of rotatable bonds is 3. The van der Waals surface area contributed by atoms with Crippen LogP contribution in [0.2, 0.25) is 0 Å². The average molecular weight is 293 g/mol. The Morgan fingerprint density at radius 1 is 1.10 bits per heavy atom. The Balaban J connectivity index is 2.10. The van der Waals surface area contributed by atoms with Crippen molar-refractivity contribution in [1.29, 1.82) is 0 Å². The van der Waals surface area contributed by atoms with E-state index in [1.807, 2.05) is 0 Å². The molecule has 0 radical (unpaired) electrons. The van der Waals surface area contributed by atoms with Crippen LogP contribution in [0.15, 0.2) is 42.5 Å². The Kier molecular flexibility index (Phi) is 4.07. The van der Waals surface area contributed by atoms with Crippen LogP contribution in [0.3, 0.4) is 0 Å². The topological polar surface area (TPSA) is 84.3 Å². The first kappa shape index (κ1) is 14.4. The van der Waals surface area contributed by atoms with E-state index in [9.17, 15) is 23.7 Å². The minimum Gasteiger partial charge on any atom is -0.307 e. The largest absolute Gasteiger partial charge is 0.323 e. The van der Waals surface area contributed by atoms with E-state index in [1.54, 1.807) is 0 Å². The summed E-state index contributed by atoms with van der Waals surface area (Å²) in [5, 5.41) is 15.0. The van der Waals surface area contributed by atoms with Gasteiger partial charge in [-0.2, -0.15) is 0 Å². The van der Waals surface area contributed by atoms with Crippen LogP contribution in [0.5, 0.6) is 0 Å². The van der Waals surface area contributed by atoms with E-state index in [4.69, 9.17) is 0 Å². The van der Waals surface area contributed by atoms with Crippen molar-refractivity contribution in [2.24, 2.45) is 0 Å². The van der Waals surface area contributed by atoms with Crippen LogP contribution < -0.4 is 10.6 Å². The van der Waals surface area contributed by atoms with Crippen molar-refractivity contribution in [2.75, 3.05) is 10.6 Å². The van der Waals surface area contributed by atoms with Crippen LogP contribution in [0.4, 0.5) is 30.6 Å². The number of carbonyl (C=O) groups is 1. The number of nitro groups is 1. The summed E-state index contributed by atoms with van der Waals surface area (Å²) in [5.41, 5.74) is -0.388. The van der Waals surface area contributed by atoms with Crippen molar-refractivity contribution < 1.29 is 18.5 Å². The van der Waals surface area contributed by atoms with Gasteiger partial charge in [-0.25, -0.2) is 13.6 Å². The zero-order valence-corrected chi connectivity index (χ0v) is 10.5. The van der Waals surface area contributed by atoms with Crippen molar-refractivity contribution >= 4 is 23.1 Å². The monoisotopic (exact) mass is 293 g/mol. The Hall–Kier alpha value is -3.03. The highest BCUT2D eigenvalue weighted by molar-refractivity contribution is 5.99. The molecule has 6 nitrogen and oxygen atoms in total. The van der Waals surface area contributed by atoms with Gasteiger partial charge in [0.05, 0.1) is 10.6 Å². The molecule has 0 saturated heterocycles. The molecule has 0 atom stereocenters. The highest BCUT2D eigenvalue weighted by atomic mass is 19.2. The molecular formula is C13H9F2N3O3. The van der Waals surface area contributed by atoms with Crippen LogP contribution in [-0.4, -0.2) is 11.0 Å². The second kappa shape index (κ2) is 5.95. The summed E-state index contributed by atoms with van der Waals surface area (Å²) >= 11 is 0. The lowest BCUT2D eigenvalue weighted by atomic mass is 10.3. The number of amides is 2.